The molecule has 63 valence electrons. The predicted octanol–water partition coefficient (Wildman–Crippen LogP) is 1.61. The molecule has 11 heavy (non-hydrogen) atoms. The number of piperidine rings is 1. The van der Waals surface area contributed by atoms with Gasteiger partial charge in [-0.2, -0.15) is 0 Å². The molecule has 0 aromatic carbocycles. The summed E-state index contributed by atoms with van der Waals surface area (Å²) in [5, 5.41) is 0. The Balaban J connectivity index is 2.27. The van der Waals surface area contributed by atoms with E-state index in [1.165, 1.54) is 19.3 Å². The lowest BCUT2D eigenvalue weighted by Gasteiger charge is -2.26. The van der Waals surface area contributed by atoms with Gasteiger partial charge < -0.3 is 4.90 Å². The number of hydrogen-bond acceptors (Lipinski definition) is 1. The minimum atomic E-state index is 0.298. The molecule has 0 spiro atoms. The molecule has 0 atom stereocenters. The van der Waals surface area contributed by atoms with Crippen LogP contribution in [0, 0.1) is 6.42 Å². The maximum absolute atomic E-state index is 11.3. The zero-order valence-electron chi connectivity index (χ0n) is 7.18. The van der Waals surface area contributed by atoms with Crippen LogP contribution in [0.5, 0.6) is 0 Å². The maximum Gasteiger partial charge on any atom is 0.222 e. The van der Waals surface area contributed by atoms with Crippen molar-refractivity contribution in [3.8, 4) is 0 Å². The van der Waals surface area contributed by atoms with Crippen molar-refractivity contribution >= 4 is 5.91 Å². The van der Waals surface area contributed by atoms with Gasteiger partial charge in [-0.3, -0.25) is 4.79 Å². The van der Waals surface area contributed by atoms with Crippen LogP contribution in [0.1, 0.15) is 32.6 Å². The minimum Gasteiger partial charge on any atom is -0.343 e. The molecule has 0 aliphatic carbocycles. The molecule has 2 nitrogen and oxygen atoms in total. The van der Waals surface area contributed by atoms with Crippen molar-refractivity contribution in [2.24, 2.45) is 0 Å². The Hall–Kier alpha value is -0.530. The van der Waals surface area contributed by atoms with Crippen molar-refractivity contribution in [3.63, 3.8) is 0 Å². The second-order valence-corrected chi connectivity index (χ2v) is 3.05. The number of likely N-dealkylation sites (tertiary alicyclic amines) is 1. The summed E-state index contributed by atoms with van der Waals surface area (Å²) < 4.78 is 0. The lowest BCUT2D eigenvalue weighted by molar-refractivity contribution is -0.131. The van der Waals surface area contributed by atoms with E-state index in [2.05, 4.69) is 0 Å². The fraction of sp³-hybridized carbons (Fsp3) is 0.778. The lowest BCUT2D eigenvalue weighted by atomic mass is 10.1. The molecular formula is C9H16NO. The summed E-state index contributed by atoms with van der Waals surface area (Å²) >= 11 is 0. The van der Waals surface area contributed by atoms with Crippen molar-refractivity contribution in [1.29, 1.82) is 0 Å². The molecule has 2 heteroatoms. The number of hydrogen-bond donors (Lipinski definition) is 0. The second kappa shape index (κ2) is 4.37. The third kappa shape index (κ3) is 2.52. The van der Waals surface area contributed by atoms with E-state index < -0.39 is 0 Å². The molecule has 1 aliphatic rings. The summed E-state index contributed by atoms with van der Waals surface area (Å²) in [5.74, 6) is 0.298. The Morgan fingerprint density at radius 1 is 1.36 bits per heavy atom. The first-order chi connectivity index (χ1) is 5.34. The van der Waals surface area contributed by atoms with Gasteiger partial charge in [0.05, 0.1) is 0 Å². The first-order valence-corrected chi connectivity index (χ1v) is 4.40. The van der Waals surface area contributed by atoms with Gasteiger partial charge in [0.1, 0.15) is 0 Å². The molecule has 1 fully saturated rings. The lowest BCUT2D eigenvalue weighted by Crippen LogP contribution is -2.35. The second-order valence-electron chi connectivity index (χ2n) is 3.05. The number of rotatable bonds is 2. The van der Waals surface area contributed by atoms with Crippen LogP contribution in [0.2, 0.25) is 0 Å². The Bertz CT molecular complexity index is 128. The van der Waals surface area contributed by atoms with Gasteiger partial charge in [-0.05, 0) is 25.7 Å². The highest BCUT2D eigenvalue weighted by atomic mass is 16.2. The van der Waals surface area contributed by atoms with Crippen LogP contribution in [0.25, 0.3) is 0 Å². The van der Waals surface area contributed by atoms with Crippen LogP contribution in [-0.2, 0) is 4.79 Å². The molecule has 0 bridgehead atoms. The molecule has 1 heterocycles. The topological polar surface area (TPSA) is 20.3 Å². The van der Waals surface area contributed by atoms with E-state index in [0.29, 0.717) is 12.3 Å². The summed E-state index contributed by atoms with van der Waals surface area (Å²) in [6, 6.07) is 0. The third-order valence-corrected chi connectivity index (χ3v) is 2.09. The molecule has 1 rings (SSSR count). The van der Waals surface area contributed by atoms with Crippen LogP contribution in [0.15, 0.2) is 0 Å². The van der Waals surface area contributed by atoms with Gasteiger partial charge in [0, 0.05) is 19.5 Å². The van der Waals surface area contributed by atoms with Crippen molar-refractivity contribution in [3.05, 3.63) is 6.42 Å². The van der Waals surface area contributed by atoms with Gasteiger partial charge in [-0.1, -0.05) is 6.92 Å². The Morgan fingerprint density at radius 2 is 2.00 bits per heavy atom. The zero-order valence-corrected chi connectivity index (χ0v) is 7.18. The minimum absolute atomic E-state index is 0.298. The predicted molar refractivity (Wildman–Crippen MR) is 45.0 cm³/mol. The van der Waals surface area contributed by atoms with E-state index in [4.69, 9.17) is 0 Å². The number of amides is 1. The SMILES string of the molecule is C[CH]CC(=O)N1CCCCC1. The van der Waals surface area contributed by atoms with Crippen LogP contribution in [-0.4, -0.2) is 23.9 Å². The fourth-order valence-electron chi connectivity index (χ4n) is 1.45. The van der Waals surface area contributed by atoms with Gasteiger partial charge in [0.2, 0.25) is 5.91 Å². The smallest absolute Gasteiger partial charge is 0.222 e. The van der Waals surface area contributed by atoms with Gasteiger partial charge >= 0.3 is 0 Å². The monoisotopic (exact) mass is 154 g/mol. The van der Waals surface area contributed by atoms with Crippen molar-refractivity contribution in [2.45, 2.75) is 32.6 Å². The van der Waals surface area contributed by atoms with E-state index in [1.807, 2.05) is 18.2 Å². The molecule has 0 unspecified atom stereocenters. The first kappa shape index (κ1) is 8.57. The molecule has 0 N–H and O–H groups in total. The average molecular weight is 154 g/mol. The summed E-state index contributed by atoms with van der Waals surface area (Å²) in [5.41, 5.74) is 0. The van der Waals surface area contributed by atoms with Crippen LogP contribution >= 0.6 is 0 Å². The van der Waals surface area contributed by atoms with Gasteiger partial charge in [-0.25, -0.2) is 0 Å². The molecular weight excluding hydrogens is 138 g/mol. The van der Waals surface area contributed by atoms with Crippen LogP contribution in [0.4, 0.5) is 0 Å². The van der Waals surface area contributed by atoms with Gasteiger partial charge in [0.25, 0.3) is 0 Å². The van der Waals surface area contributed by atoms with E-state index >= 15 is 0 Å². The highest BCUT2D eigenvalue weighted by Gasteiger charge is 2.14. The molecule has 1 saturated heterocycles. The maximum atomic E-state index is 11.3. The summed E-state index contributed by atoms with van der Waals surface area (Å²) in [7, 11) is 0. The zero-order chi connectivity index (χ0) is 8.10. The molecule has 0 aromatic rings. The number of carbonyl (C=O) groups excluding carboxylic acids is 1. The van der Waals surface area contributed by atoms with E-state index in [9.17, 15) is 4.79 Å². The number of carbonyl (C=O) groups is 1. The Morgan fingerprint density at radius 3 is 2.55 bits per heavy atom. The standard InChI is InChI=1S/C9H16NO/c1-2-6-9(11)10-7-4-3-5-8-10/h2H,3-8H2,1H3. The average Bonchev–Trinajstić information content (AvgIpc) is 2.07. The third-order valence-electron chi connectivity index (χ3n) is 2.09. The Kier molecular flexibility index (Phi) is 3.40. The number of nitrogens with zero attached hydrogens (tertiary/aromatic N) is 1. The molecule has 1 radical (unpaired) electrons. The molecule has 0 saturated carbocycles. The Labute approximate surface area is 68.6 Å². The van der Waals surface area contributed by atoms with Crippen molar-refractivity contribution < 1.29 is 4.79 Å². The summed E-state index contributed by atoms with van der Waals surface area (Å²) in [6.07, 6.45) is 6.21. The highest BCUT2D eigenvalue weighted by molar-refractivity contribution is 5.77. The van der Waals surface area contributed by atoms with E-state index in [0.717, 1.165) is 13.1 Å². The highest BCUT2D eigenvalue weighted by Crippen LogP contribution is 2.09. The quantitative estimate of drug-likeness (QED) is 0.591. The van der Waals surface area contributed by atoms with Crippen molar-refractivity contribution in [1.82, 2.24) is 4.90 Å². The first-order valence-electron chi connectivity index (χ1n) is 4.40. The normalized spacial score (nSPS) is 18.5. The molecule has 1 amide bonds. The van der Waals surface area contributed by atoms with Crippen LogP contribution in [0.3, 0.4) is 0 Å². The van der Waals surface area contributed by atoms with Gasteiger partial charge in [-0.15, -0.1) is 0 Å². The van der Waals surface area contributed by atoms with E-state index in [-0.39, 0.29) is 0 Å². The molecule has 0 aromatic heterocycles. The largest absolute Gasteiger partial charge is 0.343 e. The van der Waals surface area contributed by atoms with Gasteiger partial charge in [0.15, 0.2) is 0 Å². The summed E-state index contributed by atoms with van der Waals surface area (Å²) in [4.78, 5) is 13.3. The van der Waals surface area contributed by atoms with Crippen LogP contribution < -0.4 is 0 Å². The molecule has 1 aliphatic heterocycles. The van der Waals surface area contributed by atoms with E-state index in [1.54, 1.807) is 0 Å². The summed E-state index contributed by atoms with van der Waals surface area (Å²) in [6.45, 7) is 3.89. The van der Waals surface area contributed by atoms with Crippen molar-refractivity contribution in [2.75, 3.05) is 13.1 Å². The fourth-order valence-corrected chi connectivity index (χ4v) is 1.45.